The third-order valence-corrected chi connectivity index (χ3v) is 3.07. The number of carboxylic acid groups (broad SMARTS) is 1. The summed E-state index contributed by atoms with van der Waals surface area (Å²) in [6.45, 7) is 1.91. The molecule has 0 heterocycles. The summed E-state index contributed by atoms with van der Waals surface area (Å²) in [7, 11) is 0. The molecule has 2 rings (SSSR count). The van der Waals surface area contributed by atoms with E-state index >= 15 is 0 Å². The lowest BCUT2D eigenvalue weighted by Crippen LogP contribution is -2.34. The number of aliphatic carboxylic acids is 1. The summed E-state index contributed by atoms with van der Waals surface area (Å²) in [5.41, 5.74) is 0.167. The van der Waals surface area contributed by atoms with Gasteiger partial charge >= 0.3 is 5.97 Å². The monoisotopic (exact) mass is 263 g/mol. The fraction of sp³-hybridized carbons (Fsp3) is 0.286. The van der Waals surface area contributed by atoms with Crippen molar-refractivity contribution < 1.29 is 19.1 Å². The Balaban J connectivity index is 2.14. The van der Waals surface area contributed by atoms with E-state index in [1.54, 1.807) is 0 Å². The van der Waals surface area contributed by atoms with E-state index in [9.17, 15) is 14.0 Å². The highest BCUT2D eigenvalue weighted by Gasteiger charge is 2.39. The maximum Gasteiger partial charge on any atom is 0.328 e. The fourth-order valence-corrected chi connectivity index (χ4v) is 1.64. The van der Waals surface area contributed by atoms with E-state index in [0.717, 1.165) is 25.0 Å². The van der Waals surface area contributed by atoms with E-state index in [4.69, 9.17) is 5.11 Å². The van der Waals surface area contributed by atoms with Crippen LogP contribution in [0.4, 0.5) is 4.39 Å². The molecule has 0 spiro atoms. The first-order valence-corrected chi connectivity index (χ1v) is 5.93. The number of carbonyl (C=O) groups excluding carboxylic acids is 1. The second-order valence-electron chi connectivity index (χ2n) is 4.93. The van der Waals surface area contributed by atoms with Gasteiger partial charge in [0.1, 0.15) is 5.82 Å². The molecule has 2 N–H and O–H groups in total. The average molecular weight is 263 g/mol. The highest BCUT2D eigenvalue weighted by atomic mass is 19.1. The van der Waals surface area contributed by atoms with Crippen molar-refractivity contribution in [1.82, 2.24) is 5.32 Å². The van der Waals surface area contributed by atoms with Gasteiger partial charge in [-0.05, 0) is 43.5 Å². The molecule has 4 nitrogen and oxygen atoms in total. The van der Waals surface area contributed by atoms with Gasteiger partial charge in [0.15, 0.2) is 0 Å². The summed E-state index contributed by atoms with van der Waals surface area (Å²) in [5, 5.41) is 11.2. The van der Waals surface area contributed by atoms with Crippen LogP contribution >= 0.6 is 0 Å². The Labute approximate surface area is 109 Å². The van der Waals surface area contributed by atoms with Gasteiger partial charge in [0.2, 0.25) is 0 Å². The minimum atomic E-state index is -1.11. The minimum Gasteiger partial charge on any atom is -0.478 e. The highest BCUT2D eigenvalue weighted by molar-refractivity contribution is 5.95. The Hall–Kier alpha value is -2.17. The van der Waals surface area contributed by atoms with Crippen molar-refractivity contribution in [2.45, 2.75) is 25.3 Å². The Morgan fingerprint density at radius 3 is 2.63 bits per heavy atom. The summed E-state index contributed by atoms with van der Waals surface area (Å²) in [6.07, 6.45) is 3.99. The van der Waals surface area contributed by atoms with Gasteiger partial charge in [-0.2, -0.15) is 0 Å². The van der Waals surface area contributed by atoms with Crippen molar-refractivity contribution in [1.29, 1.82) is 0 Å². The Morgan fingerprint density at radius 1 is 1.42 bits per heavy atom. The van der Waals surface area contributed by atoms with Crippen LogP contribution in [0, 0.1) is 5.82 Å². The van der Waals surface area contributed by atoms with Crippen LogP contribution in [0.5, 0.6) is 0 Å². The summed E-state index contributed by atoms with van der Waals surface area (Å²) in [4.78, 5) is 22.2. The van der Waals surface area contributed by atoms with Crippen LogP contribution in [0.3, 0.4) is 0 Å². The largest absolute Gasteiger partial charge is 0.478 e. The predicted octanol–water partition coefficient (Wildman–Crippen LogP) is 2.21. The van der Waals surface area contributed by atoms with E-state index in [1.807, 2.05) is 6.92 Å². The van der Waals surface area contributed by atoms with Crippen molar-refractivity contribution in [3.8, 4) is 0 Å². The number of carboxylic acids is 1. The highest BCUT2D eigenvalue weighted by Crippen LogP contribution is 2.34. The predicted molar refractivity (Wildman–Crippen MR) is 68.2 cm³/mol. The van der Waals surface area contributed by atoms with Crippen molar-refractivity contribution in [3.63, 3.8) is 0 Å². The number of rotatable bonds is 4. The second kappa shape index (κ2) is 4.84. The van der Waals surface area contributed by atoms with E-state index in [-0.39, 0.29) is 11.1 Å². The number of amides is 1. The van der Waals surface area contributed by atoms with Crippen molar-refractivity contribution in [3.05, 3.63) is 41.2 Å². The maximum absolute atomic E-state index is 13.8. The zero-order chi connectivity index (χ0) is 14.0. The van der Waals surface area contributed by atoms with Crippen LogP contribution in [0.15, 0.2) is 24.3 Å². The minimum absolute atomic E-state index is 0.0272. The number of hydrogen-bond acceptors (Lipinski definition) is 2. The standard InChI is InChI=1S/C14H14FNO3/c1-14(6-7-14)16-13(19)10-4-2-9(8-11(10)15)3-5-12(17)18/h2-5,8H,6-7H2,1H3,(H,16,19)(H,17,18)/b5-3+. The van der Waals surface area contributed by atoms with Gasteiger partial charge in [0.25, 0.3) is 5.91 Å². The molecule has 19 heavy (non-hydrogen) atoms. The molecular formula is C14H14FNO3. The molecule has 0 aromatic heterocycles. The van der Waals surface area contributed by atoms with Gasteiger partial charge in [-0.15, -0.1) is 0 Å². The van der Waals surface area contributed by atoms with Gasteiger partial charge in [-0.1, -0.05) is 6.07 Å². The third kappa shape index (κ3) is 3.40. The quantitative estimate of drug-likeness (QED) is 0.818. The molecule has 1 aliphatic rings. The first kappa shape index (κ1) is 13.3. The van der Waals surface area contributed by atoms with Gasteiger partial charge in [0.05, 0.1) is 5.56 Å². The van der Waals surface area contributed by atoms with Gasteiger partial charge in [-0.25, -0.2) is 9.18 Å². The maximum atomic E-state index is 13.8. The molecule has 0 radical (unpaired) electrons. The first-order chi connectivity index (χ1) is 8.89. The van der Waals surface area contributed by atoms with Crippen LogP contribution in [-0.4, -0.2) is 22.5 Å². The first-order valence-electron chi connectivity index (χ1n) is 5.93. The lowest BCUT2D eigenvalue weighted by Gasteiger charge is -2.12. The van der Waals surface area contributed by atoms with E-state index in [1.165, 1.54) is 18.2 Å². The number of benzene rings is 1. The van der Waals surface area contributed by atoms with E-state index in [2.05, 4.69) is 5.32 Å². The number of carbonyl (C=O) groups is 2. The van der Waals surface area contributed by atoms with Gasteiger partial charge < -0.3 is 10.4 Å². The zero-order valence-electron chi connectivity index (χ0n) is 10.4. The normalized spacial score (nSPS) is 16.3. The fourth-order valence-electron chi connectivity index (χ4n) is 1.64. The molecule has 1 aromatic rings. The summed E-state index contributed by atoms with van der Waals surface area (Å²) < 4.78 is 13.8. The van der Waals surface area contributed by atoms with E-state index < -0.39 is 17.7 Å². The molecule has 0 bridgehead atoms. The number of nitrogens with one attached hydrogen (secondary N) is 1. The molecule has 100 valence electrons. The SMILES string of the molecule is CC1(NC(=O)c2ccc(/C=C/C(=O)O)cc2F)CC1. The van der Waals surface area contributed by atoms with Crippen molar-refractivity contribution in [2.24, 2.45) is 0 Å². The molecule has 0 atom stereocenters. The molecule has 0 saturated heterocycles. The third-order valence-electron chi connectivity index (χ3n) is 3.07. The van der Waals surface area contributed by atoms with Crippen LogP contribution in [0.2, 0.25) is 0 Å². The molecule has 1 saturated carbocycles. The van der Waals surface area contributed by atoms with Gasteiger partial charge in [-0.3, -0.25) is 4.79 Å². The van der Waals surface area contributed by atoms with E-state index in [0.29, 0.717) is 5.56 Å². The molecule has 1 aromatic carbocycles. The topological polar surface area (TPSA) is 66.4 Å². The molecular weight excluding hydrogens is 249 g/mol. The summed E-state index contributed by atoms with van der Waals surface area (Å²) in [5.74, 6) is -2.20. The van der Waals surface area contributed by atoms with Crippen LogP contribution in [0.25, 0.3) is 6.08 Å². The Bertz CT molecular complexity index is 562. The van der Waals surface area contributed by atoms with Crippen LogP contribution in [-0.2, 0) is 4.79 Å². The molecule has 1 fully saturated rings. The smallest absolute Gasteiger partial charge is 0.328 e. The number of halogens is 1. The zero-order valence-corrected chi connectivity index (χ0v) is 10.4. The molecule has 5 heteroatoms. The van der Waals surface area contributed by atoms with Crippen LogP contribution in [0.1, 0.15) is 35.7 Å². The summed E-state index contributed by atoms with van der Waals surface area (Å²) in [6, 6.07) is 4.01. The van der Waals surface area contributed by atoms with Crippen molar-refractivity contribution in [2.75, 3.05) is 0 Å². The lowest BCUT2D eigenvalue weighted by molar-refractivity contribution is -0.131. The Morgan fingerprint density at radius 2 is 2.11 bits per heavy atom. The summed E-state index contributed by atoms with van der Waals surface area (Å²) >= 11 is 0. The molecule has 0 aliphatic heterocycles. The lowest BCUT2D eigenvalue weighted by atomic mass is 10.1. The Kier molecular flexibility index (Phi) is 3.38. The van der Waals surface area contributed by atoms with Crippen LogP contribution < -0.4 is 5.32 Å². The van der Waals surface area contributed by atoms with Crippen molar-refractivity contribution >= 4 is 18.0 Å². The molecule has 1 aliphatic carbocycles. The molecule has 1 amide bonds. The van der Waals surface area contributed by atoms with Gasteiger partial charge in [0, 0.05) is 11.6 Å². The molecule has 0 unspecified atom stereocenters. The number of hydrogen-bond donors (Lipinski definition) is 2. The second-order valence-corrected chi connectivity index (χ2v) is 4.93. The average Bonchev–Trinajstić information content (AvgIpc) is 3.04.